The van der Waals surface area contributed by atoms with Crippen LogP contribution < -0.4 is 9.80 Å². The van der Waals surface area contributed by atoms with E-state index in [4.69, 9.17) is 9.72 Å². The van der Waals surface area contributed by atoms with E-state index in [1.807, 2.05) is 22.9 Å². The fourth-order valence-corrected chi connectivity index (χ4v) is 5.06. The topological polar surface area (TPSA) is 104 Å². The Hall–Kier alpha value is -2.89. The van der Waals surface area contributed by atoms with Crippen molar-refractivity contribution in [3.63, 3.8) is 0 Å². The number of hydrogen-bond donors (Lipinski definition) is 1. The monoisotopic (exact) mass is 458 g/mol. The molecular weight excluding hydrogens is 432 g/mol. The lowest BCUT2D eigenvalue weighted by Crippen LogP contribution is -2.48. The molecule has 1 N–H and O–H groups in total. The van der Waals surface area contributed by atoms with E-state index >= 15 is 0 Å². The van der Waals surface area contributed by atoms with Crippen LogP contribution in [-0.2, 0) is 14.8 Å². The van der Waals surface area contributed by atoms with Crippen LogP contribution in [0, 0.1) is 0 Å². The Morgan fingerprint density at radius 1 is 1.03 bits per heavy atom. The van der Waals surface area contributed by atoms with Crippen LogP contribution in [0.1, 0.15) is 0 Å². The number of ether oxygens (including phenoxy) is 1. The first kappa shape index (κ1) is 21.0. The molecule has 0 aliphatic carbocycles. The lowest BCUT2D eigenvalue weighted by molar-refractivity contribution is 0.122. The maximum atomic E-state index is 11.9. The summed E-state index contributed by atoms with van der Waals surface area (Å²) in [7, 11) is -3.20. The predicted molar refractivity (Wildman–Crippen MR) is 122 cm³/mol. The van der Waals surface area contributed by atoms with Gasteiger partial charge in [0, 0.05) is 51.0 Å². The third-order valence-electron chi connectivity index (χ3n) is 5.94. The van der Waals surface area contributed by atoms with Crippen LogP contribution in [0.15, 0.2) is 36.7 Å². The lowest BCUT2D eigenvalue weighted by atomic mass is 10.1. The van der Waals surface area contributed by atoms with E-state index < -0.39 is 10.0 Å². The van der Waals surface area contributed by atoms with Crippen LogP contribution in [0.3, 0.4) is 0 Å². The maximum Gasteiger partial charge on any atom is 0.211 e. The van der Waals surface area contributed by atoms with Crippen molar-refractivity contribution >= 4 is 27.3 Å². The van der Waals surface area contributed by atoms with Gasteiger partial charge in [-0.25, -0.2) is 18.4 Å². The normalized spacial score (nSPS) is 18.4. The van der Waals surface area contributed by atoms with Gasteiger partial charge in [0.1, 0.15) is 11.6 Å². The number of rotatable bonds is 4. The number of aromatic nitrogens is 3. The van der Waals surface area contributed by atoms with Gasteiger partial charge in [0.2, 0.25) is 10.0 Å². The number of piperazine rings is 1. The number of nitrogens with zero attached hydrogens (tertiary/aromatic N) is 6. The van der Waals surface area contributed by atoms with Gasteiger partial charge in [-0.05, 0) is 12.1 Å². The average Bonchev–Trinajstić information content (AvgIpc) is 3.22. The Bertz CT molecular complexity index is 1230. The van der Waals surface area contributed by atoms with Crippen LogP contribution in [0.5, 0.6) is 5.75 Å². The lowest BCUT2D eigenvalue weighted by Gasteiger charge is -2.34. The van der Waals surface area contributed by atoms with E-state index in [9.17, 15) is 13.5 Å². The molecule has 170 valence electrons. The van der Waals surface area contributed by atoms with Gasteiger partial charge in [0.05, 0.1) is 31.4 Å². The molecule has 0 bridgehead atoms. The molecule has 4 heterocycles. The van der Waals surface area contributed by atoms with Gasteiger partial charge >= 0.3 is 0 Å². The molecule has 32 heavy (non-hydrogen) atoms. The third-order valence-corrected chi connectivity index (χ3v) is 7.24. The molecule has 0 amide bonds. The summed E-state index contributed by atoms with van der Waals surface area (Å²) in [4.78, 5) is 13.9. The largest absolute Gasteiger partial charge is 0.508 e. The summed E-state index contributed by atoms with van der Waals surface area (Å²) in [6, 6.07) is 7.04. The molecule has 2 aliphatic heterocycles. The SMILES string of the molecule is CS(=O)(=O)N1CCN(c2cnc3c(N4CCOCC4)nc(-c4cccc(O)c4)cn23)CC1. The van der Waals surface area contributed by atoms with Crippen molar-refractivity contribution < 1.29 is 18.3 Å². The molecule has 2 fully saturated rings. The molecule has 3 aromatic rings. The van der Waals surface area contributed by atoms with Gasteiger partial charge in [-0.1, -0.05) is 12.1 Å². The van der Waals surface area contributed by atoms with Gasteiger partial charge in [-0.2, -0.15) is 4.31 Å². The van der Waals surface area contributed by atoms with Crippen molar-refractivity contribution in [3.8, 4) is 17.0 Å². The average molecular weight is 459 g/mol. The van der Waals surface area contributed by atoms with Gasteiger partial charge in [0.25, 0.3) is 0 Å². The molecule has 2 saturated heterocycles. The summed E-state index contributed by atoms with van der Waals surface area (Å²) in [6.07, 6.45) is 5.00. The molecule has 0 radical (unpaired) electrons. The number of sulfonamides is 1. The van der Waals surface area contributed by atoms with Gasteiger partial charge in [-0.3, -0.25) is 4.40 Å². The van der Waals surface area contributed by atoms with E-state index in [1.165, 1.54) is 10.6 Å². The first-order valence-corrected chi connectivity index (χ1v) is 12.5. The summed E-state index contributed by atoms with van der Waals surface area (Å²) in [5.74, 6) is 1.85. The Morgan fingerprint density at radius 2 is 1.78 bits per heavy atom. The van der Waals surface area contributed by atoms with E-state index in [0.29, 0.717) is 39.4 Å². The number of hydrogen-bond acceptors (Lipinski definition) is 8. The molecule has 2 aromatic heterocycles. The molecule has 11 heteroatoms. The summed E-state index contributed by atoms with van der Waals surface area (Å²) in [5.41, 5.74) is 2.28. The number of anilines is 2. The molecule has 1 aromatic carbocycles. The number of morpholine rings is 1. The van der Waals surface area contributed by atoms with Gasteiger partial charge in [-0.15, -0.1) is 0 Å². The quantitative estimate of drug-likeness (QED) is 0.618. The van der Waals surface area contributed by atoms with Gasteiger partial charge < -0.3 is 19.6 Å². The van der Waals surface area contributed by atoms with Crippen molar-refractivity contribution in [1.82, 2.24) is 18.7 Å². The molecule has 0 unspecified atom stereocenters. The molecule has 10 nitrogen and oxygen atoms in total. The van der Waals surface area contributed by atoms with Crippen molar-refractivity contribution in [2.24, 2.45) is 0 Å². The number of benzene rings is 1. The van der Waals surface area contributed by atoms with Crippen molar-refractivity contribution in [3.05, 3.63) is 36.7 Å². The fraction of sp³-hybridized carbons (Fsp3) is 0.429. The molecule has 0 spiro atoms. The standard InChI is InChI=1S/C21H26N6O4S/c1-32(29,30)26-7-5-24(6-8-26)19-14-22-20-21(25-9-11-31-12-10-25)23-18(15-27(19)20)16-3-2-4-17(28)13-16/h2-4,13-15,28H,5-12H2,1H3. The summed E-state index contributed by atoms with van der Waals surface area (Å²) in [6.45, 7) is 4.74. The zero-order chi connectivity index (χ0) is 22.3. The van der Waals surface area contributed by atoms with Crippen LogP contribution in [0.2, 0.25) is 0 Å². The minimum absolute atomic E-state index is 0.181. The first-order valence-electron chi connectivity index (χ1n) is 10.6. The summed E-state index contributed by atoms with van der Waals surface area (Å²) < 4.78 is 32.8. The molecule has 5 rings (SSSR count). The van der Waals surface area contributed by atoms with Crippen molar-refractivity contribution in [2.45, 2.75) is 0 Å². The smallest absolute Gasteiger partial charge is 0.211 e. The Kier molecular flexibility index (Phi) is 5.39. The first-order chi connectivity index (χ1) is 15.4. The van der Waals surface area contributed by atoms with E-state index in [0.717, 1.165) is 41.6 Å². The van der Waals surface area contributed by atoms with E-state index in [1.54, 1.807) is 18.2 Å². The zero-order valence-corrected chi connectivity index (χ0v) is 18.7. The van der Waals surface area contributed by atoms with Crippen LogP contribution >= 0.6 is 0 Å². The Balaban J connectivity index is 1.57. The number of phenolic OH excluding ortho intramolecular Hbond substituents is 1. The highest BCUT2D eigenvalue weighted by Crippen LogP contribution is 2.30. The van der Waals surface area contributed by atoms with Crippen molar-refractivity contribution in [2.75, 3.05) is 68.5 Å². The van der Waals surface area contributed by atoms with Crippen molar-refractivity contribution in [1.29, 1.82) is 0 Å². The Morgan fingerprint density at radius 3 is 2.47 bits per heavy atom. The summed E-state index contributed by atoms with van der Waals surface area (Å²) in [5, 5.41) is 9.98. The number of phenols is 1. The number of fused-ring (bicyclic) bond motifs is 1. The molecule has 2 aliphatic rings. The maximum absolute atomic E-state index is 11.9. The highest BCUT2D eigenvalue weighted by Gasteiger charge is 2.26. The second-order valence-corrected chi connectivity index (χ2v) is 10.0. The highest BCUT2D eigenvalue weighted by atomic mass is 32.2. The fourth-order valence-electron chi connectivity index (χ4n) is 4.23. The van der Waals surface area contributed by atoms with Gasteiger partial charge in [0.15, 0.2) is 11.5 Å². The van der Waals surface area contributed by atoms with Crippen LogP contribution in [-0.4, -0.2) is 90.9 Å². The number of aromatic hydroxyl groups is 1. The van der Waals surface area contributed by atoms with E-state index in [2.05, 4.69) is 14.8 Å². The third kappa shape index (κ3) is 3.98. The van der Waals surface area contributed by atoms with Crippen LogP contribution in [0.25, 0.3) is 16.9 Å². The Labute approximate surface area is 186 Å². The minimum atomic E-state index is -3.20. The molecule has 0 atom stereocenters. The zero-order valence-electron chi connectivity index (χ0n) is 17.9. The van der Waals surface area contributed by atoms with Crippen LogP contribution in [0.4, 0.5) is 11.6 Å². The number of imidazole rings is 1. The summed E-state index contributed by atoms with van der Waals surface area (Å²) >= 11 is 0. The second-order valence-electron chi connectivity index (χ2n) is 8.06. The molecular formula is C21H26N6O4S. The molecule has 0 saturated carbocycles. The minimum Gasteiger partial charge on any atom is -0.508 e. The van der Waals surface area contributed by atoms with E-state index in [-0.39, 0.29) is 5.75 Å². The highest BCUT2D eigenvalue weighted by molar-refractivity contribution is 7.88. The predicted octanol–water partition coefficient (Wildman–Crippen LogP) is 1.02. The second kappa shape index (κ2) is 8.23.